The van der Waals surface area contributed by atoms with Gasteiger partial charge in [-0.1, -0.05) is 30.5 Å². The van der Waals surface area contributed by atoms with Crippen LogP contribution in [0.4, 0.5) is 0 Å². The third-order valence-electron chi connectivity index (χ3n) is 2.63. The molecular weight excluding hydrogens is 200 g/mol. The highest BCUT2D eigenvalue weighted by atomic mass is 16.5. The summed E-state index contributed by atoms with van der Waals surface area (Å²) < 4.78 is 5.24. The van der Waals surface area contributed by atoms with Crippen molar-refractivity contribution in [3.8, 4) is 0 Å². The number of ketones is 1. The Kier molecular flexibility index (Phi) is 4.69. The lowest BCUT2D eigenvalue weighted by molar-refractivity contribution is 0.0578. The van der Waals surface area contributed by atoms with E-state index in [1.54, 1.807) is 7.11 Å². The number of benzene rings is 1. The zero-order valence-electron chi connectivity index (χ0n) is 10.5. The van der Waals surface area contributed by atoms with E-state index in [9.17, 15) is 4.79 Å². The molecule has 0 N–H and O–H groups in total. The molecule has 0 bridgehead atoms. The molecule has 0 aliphatic carbocycles. The van der Waals surface area contributed by atoms with Crippen molar-refractivity contribution in [2.24, 2.45) is 0 Å². The van der Waals surface area contributed by atoms with Crippen LogP contribution < -0.4 is 0 Å². The maximum absolute atomic E-state index is 12.1. The number of Topliss-reactive ketones (excluding diaryl/α,β-unsaturated/α-hetero) is 1. The van der Waals surface area contributed by atoms with Crippen LogP contribution in [0.3, 0.4) is 0 Å². The van der Waals surface area contributed by atoms with E-state index in [0.29, 0.717) is 0 Å². The highest BCUT2D eigenvalue weighted by molar-refractivity contribution is 5.99. The molecule has 1 rings (SSSR count). The Labute approximate surface area is 97.6 Å². The molecule has 88 valence electrons. The summed E-state index contributed by atoms with van der Waals surface area (Å²) in [4.78, 5) is 12.1. The molecule has 0 amide bonds. The standard InChI is InChI=1S/C14H20O2/c1-5-6-13(16-4)14(15)12-8-10(2)7-11(3)9-12/h7-9,13H,5-6H2,1-4H3. The maximum atomic E-state index is 12.1. The van der Waals surface area contributed by atoms with Gasteiger partial charge in [0, 0.05) is 12.7 Å². The van der Waals surface area contributed by atoms with Gasteiger partial charge in [-0.05, 0) is 32.4 Å². The van der Waals surface area contributed by atoms with E-state index in [1.165, 1.54) is 0 Å². The molecule has 1 unspecified atom stereocenters. The number of carbonyl (C=O) groups excluding carboxylic acids is 1. The van der Waals surface area contributed by atoms with Crippen molar-refractivity contribution in [3.05, 3.63) is 34.9 Å². The summed E-state index contributed by atoms with van der Waals surface area (Å²) in [6, 6.07) is 5.92. The summed E-state index contributed by atoms with van der Waals surface area (Å²) in [6.45, 7) is 6.07. The Morgan fingerprint density at radius 2 is 1.81 bits per heavy atom. The minimum Gasteiger partial charge on any atom is -0.373 e. The van der Waals surface area contributed by atoms with Gasteiger partial charge in [0.15, 0.2) is 5.78 Å². The molecule has 0 aliphatic rings. The van der Waals surface area contributed by atoms with Crippen molar-refractivity contribution in [3.63, 3.8) is 0 Å². The lowest BCUT2D eigenvalue weighted by Gasteiger charge is -2.13. The first-order chi connectivity index (χ1) is 7.58. The molecule has 0 aliphatic heterocycles. The van der Waals surface area contributed by atoms with Crippen molar-refractivity contribution >= 4 is 5.78 Å². The lowest BCUT2D eigenvalue weighted by atomic mass is 9.99. The molecule has 0 aromatic heterocycles. The summed E-state index contributed by atoms with van der Waals surface area (Å²) in [5, 5.41) is 0. The molecule has 16 heavy (non-hydrogen) atoms. The molecule has 1 aromatic carbocycles. The number of methoxy groups -OCH3 is 1. The zero-order chi connectivity index (χ0) is 12.1. The molecule has 2 nitrogen and oxygen atoms in total. The van der Waals surface area contributed by atoms with Gasteiger partial charge in [0.05, 0.1) is 0 Å². The summed E-state index contributed by atoms with van der Waals surface area (Å²) in [6.07, 6.45) is 1.43. The summed E-state index contributed by atoms with van der Waals surface area (Å²) in [5.41, 5.74) is 3.00. The monoisotopic (exact) mass is 220 g/mol. The van der Waals surface area contributed by atoms with E-state index in [4.69, 9.17) is 4.74 Å². The minimum atomic E-state index is -0.300. The molecule has 1 atom stereocenters. The van der Waals surface area contributed by atoms with Crippen molar-refractivity contribution in [2.45, 2.75) is 39.7 Å². The molecule has 0 spiro atoms. The average Bonchev–Trinajstić information content (AvgIpc) is 2.23. The Balaban J connectivity index is 2.94. The Bertz CT molecular complexity index is 349. The third-order valence-corrected chi connectivity index (χ3v) is 2.63. The Morgan fingerprint density at radius 1 is 1.25 bits per heavy atom. The highest BCUT2D eigenvalue weighted by Gasteiger charge is 2.18. The van der Waals surface area contributed by atoms with E-state index in [2.05, 4.69) is 13.0 Å². The topological polar surface area (TPSA) is 26.3 Å². The van der Waals surface area contributed by atoms with Gasteiger partial charge in [-0.25, -0.2) is 0 Å². The molecule has 0 heterocycles. The average molecular weight is 220 g/mol. The molecule has 0 fully saturated rings. The van der Waals surface area contributed by atoms with Gasteiger partial charge in [-0.3, -0.25) is 4.79 Å². The van der Waals surface area contributed by atoms with Crippen molar-refractivity contribution in [2.75, 3.05) is 7.11 Å². The van der Waals surface area contributed by atoms with E-state index >= 15 is 0 Å². The van der Waals surface area contributed by atoms with Crippen LogP contribution in [-0.2, 0) is 4.74 Å². The van der Waals surface area contributed by atoms with Crippen LogP contribution in [0.15, 0.2) is 18.2 Å². The number of aryl methyl sites for hydroxylation is 2. The van der Waals surface area contributed by atoms with Crippen LogP contribution in [0.2, 0.25) is 0 Å². The lowest BCUT2D eigenvalue weighted by Crippen LogP contribution is -2.23. The first kappa shape index (κ1) is 12.9. The number of carbonyl (C=O) groups is 1. The second-order valence-electron chi connectivity index (χ2n) is 4.25. The van der Waals surface area contributed by atoms with Crippen LogP contribution in [0.1, 0.15) is 41.3 Å². The van der Waals surface area contributed by atoms with Gasteiger partial charge < -0.3 is 4.74 Å². The van der Waals surface area contributed by atoms with Gasteiger partial charge in [-0.15, -0.1) is 0 Å². The van der Waals surface area contributed by atoms with Crippen LogP contribution in [0, 0.1) is 13.8 Å². The highest BCUT2D eigenvalue weighted by Crippen LogP contribution is 2.14. The SMILES string of the molecule is CCCC(OC)C(=O)c1cc(C)cc(C)c1. The van der Waals surface area contributed by atoms with Gasteiger partial charge in [0.1, 0.15) is 6.10 Å². The van der Waals surface area contributed by atoms with E-state index in [1.807, 2.05) is 26.0 Å². The fourth-order valence-electron chi connectivity index (χ4n) is 1.92. The largest absolute Gasteiger partial charge is 0.373 e. The quantitative estimate of drug-likeness (QED) is 0.712. The fourth-order valence-corrected chi connectivity index (χ4v) is 1.92. The molecule has 1 aromatic rings. The predicted octanol–water partition coefficient (Wildman–Crippen LogP) is 3.30. The van der Waals surface area contributed by atoms with Crippen LogP contribution in [0.25, 0.3) is 0 Å². The Morgan fingerprint density at radius 3 is 2.25 bits per heavy atom. The van der Waals surface area contributed by atoms with Gasteiger partial charge in [0.25, 0.3) is 0 Å². The summed E-state index contributed by atoms with van der Waals surface area (Å²) >= 11 is 0. The van der Waals surface area contributed by atoms with Crippen LogP contribution >= 0.6 is 0 Å². The summed E-state index contributed by atoms with van der Waals surface area (Å²) in [7, 11) is 1.60. The molecule has 0 saturated heterocycles. The molecule has 0 radical (unpaired) electrons. The van der Waals surface area contributed by atoms with Gasteiger partial charge >= 0.3 is 0 Å². The molecule has 2 heteroatoms. The number of hydrogen-bond acceptors (Lipinski definition) is 2. The maximum Gasteiger partial charge on any atom is 0.191 e. The zero-order valence-corrected chi connectivity index (χ0v) is 10.5. The second-order valence-corrected chi connectivity index (χ2v) is 4.25. The van der Waals surface area contributed by atoms with Crippen molar-refractivity contribution in [1.82, 2.24) is 0 Å². The molecule has 0 saturated carbocycles. The van der Waals surface area contributed by atoms with E-state index in [0.717, 1.165) is 29.5 Å². The number of hydrogen-bond donors (Lipinski definition) is 0. The normalized spacial score (nSPS) is 12.5. The van der Waals surface area contributed by atoms with Crippen molar-refractivity contribution < 1.29 is 9.53 Å². The van der Waals surface area contributed by atoms with Crippen LogP contribution in [-0.4, -0.2) is 19.0 Å². The van der Waals surface area contributed by atoms with Gasteiger partial charge in [0.2, 0.25) is 0 Å². The van der Waals surface area contributed by atoms with Crippen molar-refractivity contribution in [1.29, 1.82) is 0 Å². The smallest absolute Gasteiger partial charge is 0.191 e. The molecular formula is C14H20O2. The van der Waals surface area contributed by atoms with Gasteiger partial charge in [-0.2, -0.15) is 0 Å². The van der Waals surface area contributed by atoms with E-state index in [-0.39, 0.29) is 11.9 Å². The predicted molar refractivity (Wildman–Crippen MR) is 66.0 cm³/mol. The number of rotatable bonds is 5. The Hall–Kier alpha value is -1.15. The third kappa shape index (κ3) is 3.17. The first-order valence-electron chi connectivity index (χ1n) is 5.73. The number of ether oxygens (including phenoxy) is 1. The summed E-state index contributed by atoms with van der Waals surface area (Å²) in [5.74, 6) is 0.0937. The first-order valence-corrected chi connectivity index (χ1v) is 5.73. The second kappa shape index (κ2) is 5.80. The van der Waals surface area contributed by atoms with E-state index < -0.39 is 0 Å². The van der Waals surface area contributed by atoms with Crippen LogP contribution in [0.5, 0.6) is 0 Å². The minimum absolute atomic E-state index is 0.0937. The fraction of sp³-hybridized carbons (Fsp3) is 0.500.